The van der Waals surface area contributed by atoms with E-state index < -0.39 is 17.4 Å². The van der Waals surface area contributed by atoms with Crippen molar-refractivity contribution in [3.05, 3.63) is 53.6 Å². The van der Waals surface area contributed by atoms with Crippen LogP contribution in [-0.4, -0.2) is 26.6 Å². The second kappa shape index (κ2) is 6.89. The van der Waals surface area contributed by atoms with Gasteiger partial charge in [-0.15, -0.1) is 0 Å². The molecule has 0 radical (unpaired) electrons. The second-order valence-electron chi connectivity index (χ2n) is 4.42. The van der Waals surface area contributed by atoms with Crippen LogP contribution in [0.15, 0.2) is 36.4 Å². The van der Waals surface area contributed by atoms with Gasteiger partial charge in [0.05, 0.1) is 14.2 Å². The van der Waals surface area contributed by atoms with Gasteiger partial charge >= 0.3 is 0 Å². The molecule has 4 nitrogen and oxygen atoms in total. The van der Waals surface area contributed by atoms with Gasteiger partial charge in [0.25, 0.3) is 0 Å². The number of Topliss-reactive ketones (excluding diaryl/α,β-unsaturated/α-hetero) is 1. The maximum atomic E-state index is 13.1. The molecular formula is C16H14F2O4. The van der Waals surface area contributed by atoms with Gasteiger partial charge in [0.2, 0.25) is 0 Å². The van der Waals surface area contributed by atoms with Gasteiger partial charge in [0, 0.05) is 29.8 Å². The van der Waals surface area contributed by atoms with Gasteiger partial charge in [-0.25, -0.2) is 8.78 Å². The van der Waals surface area contributed by atoms with Crippen molar-refractivity contribution < 1.29 is 27.8 Å². The molecule has 22 heavy (non-hydrogen) atoms. The van der Waals surface area contributed by atoms with Crippen molar-refractivity contribution in [3.8, 4) is 17.2 Å². The van der Waals surface area contributed by atoms with Crippen LogP contribution in [0.1, 0.15) is 10.4 Å². The van der Waals surface area contributed by atoms with Gasteiger partial charge in [-0.05, 0) is 12.1 Å². The summed E-state index contributed by atoms with van der Waals surface area (Å²) >= 11 is 0. The van der Waals surface area contributed by atoms with Crippen LogP contribution < -0.4 is 14.2 Å². The summed E-state index contributed by atoms with van der Waals surface area (Å²) in [5, 5.41) is 0. The van der Waals surface area contributed by atoms with Crippen LogP contribution in [0.3, 0.4) is 0 Å². The van der Waals surface area contributed by atoms with Gasteiger partial charge in [0.1, 0.15) is 28.9 Å². The van der Waals surface area contributed by atoms with Crippen LogP contribution in [-0.2, 0) is 0 Å². The maximum Gasteiger partial charge on any atom is 0.200 e. The van der Waals surface area contributed by atoms with Crippen molar-refractivity contribution in [3.63, 3.8) is 0 Å². The molecule has 0 amide bonds. The fourth-order valence-corrected chi connectivity index (χ4v) is 1.81. The molecular weight excluding hydrogens is 294 g/mol. The lowest BCUT2D eigenvalue weighted by Gasteiger charge is -2.10. The third-order valence-electron chi connectivity index (χ3n) is 2.88. The minimum atomic E-state index is -0.814. The van der Waals surface area contributed by atoms with Crippen LogP contribution in [0, 0.1) is 11.6 Å². The number of carbonyl (C=O) groups is 1. The normalized spacial score (nSPS) is 10.2. The molecule has 0 saturated carbocycles. The van der Waals surface area contributed by atoms with E-state index in [1.165, 1.54) is 14.2 Å². The zero-order chi connectivity index (χ0) is 16.1. The minimum absolute atomic E-state index is 0.0904. The molecule has 2 rings (SSSR count). The van der Waals surface area contributed by atoms with Gasteiger partial charge in [-0.3, -0.25) is 4.79 Å². The second-order valence-corrected chi connectivity index (χ2v) is 4.42. The van der Waals surface area contributed by atoms with Crippen molar-refractivity contribution in [2.75, 3.05) is 20.8 Å². The summed E-state index contributed by atoms with van der Waals surface area (Å²) < 4.78 is 41.7. The highest BCUT2D eigenvalue weighted by Crippen LogP contribution is 2.27. The summed E-state index contributed by atoms with van der Waals surface area (Å²) in [4.78, 5) is 11.9. The zero-order valence-corrected chi connectivity index (χ0v) is 12.1. The average molecular weight is 308 g/mol. The van der Waals surface area contributed by atoms with E-state index in [4.69, 9.17) is 14.2 Å². The molecule has 0 aliphatic heterocycles. The predicted octanol–water partition coefficient (Wildman–Crippen LogP) is 3.24. The summed E-state index contributed by atoms with van der Waals surface area (Å²) in [6.07, 6.45) is 0. The summed E-state index contributed by atoms with van der Waals surface area (Å²) in [5.41, 5.74) is -0.0904. The Bertz CT molecular complexity index is 643. The van der Waals surface area contributed by atoms with E-state index in [-0.39, 0.29) is 12.2 Å². The largest absolute Gasteiger partial charge is 0.496 e. The first-order chi connectivity index (χ1) is 10.5. The number of hydrogen-bond donors (Lipinski definition) is 0. The number of rotatable bonds is 6. The lowest BCUT2D eigenvalue weighted by molar-refractivity contribution is 0.0920. The molecule has 0 saturated heterocycles. The van der Waals surface area contributed by atoms with Crippen molar-refractivity contribution in [1.82, 2.24) is 0 Å². The monoisotopic (exact) mass is 308 g/mol. The Morgan fingerprint density at radius 2 is 1.36 bits per heavy atom. The average Bonchev–Trinajstić information content (AvgIpc) is 2.51. The quantitative estimate of drug-likeness (QED) is 0.769. The smallest absolute Gasteiger partial charge is 0.200 e. The molecule has 0 fully saturated rings. The Labute approximate surface area is 126 Å². The lowest BCUT2D eigenvalue weighted by atomic mass is 10.1. The minimum Gasteiger partial charge on any atom is -0.496 e. The number of methoxy groups -OCH3 is 2. The Balaban J connectivity index is 2.10. The molecule has 2 aromatic rings. The van der Waals surface area contributed by atoms with Crippen molar-refractivity contribution in [2.24, 2.45) is 0 Å². The van der Waals surface area contributed by atoms with Gasteiger partial charge in [-0.2, -0.15) is 0 Å². The molecule has 0 atom stereocenters. The number of ether oxygens (including phenoxy) is 3. The molecule has 0 N–H and O–H groups in total. The number of ketones is 1. The first-order valence-electron chi connectivity index (χ1n) is 6.37. The number of benzene rings is 2. The SMILES string of the molecule is COc1cc(OC)cc(OCC(=O)c2cc(F)cc(F)c2)c1. The summed E-state index contributed by atoms with van der Waals surface area (Å²) in [5.74, 6) is -0.823. The van der Waals surface area contributed by atoms with Crippen molar-refractivity contribution in [1.29, 1.82) is 0 Å². The molecule has 116 valence electrons. The standard InChI is InChI=1S/C16H14F2O4/c1-20-13-6-14(21-2)8-15(7-13)22-9-16(19)10-3-11(17)5-12(18)4-10/h3-8H,9H2,1-2H3. The maximum absolute atomic E-state index is 13.1. The Hall–Kier alpha value is -2.63. The van der Waals surface area contributed by atoms with Crippen LogP contribution in [0.25, 0.3) is 0 Å². The molecule has 6 heteroatoms. The predicted molar refractivity (Wildman–Crippen MR) is 75.7 cm³/mol. The van der Waals surface area contributed by atoms with E-state index in [2.05, 4.69) is 0 Å². The van der Waals surface area contributed by atoms with Crippen LogP contribution >= 0.6 is 0 Å². The molecule has 0 aliphatic carbocycles. The third-order valence-corrected chi connectivity index (χ3v) is 2.88. The molecule has 0 spiro atoms. The van der Waals surface area contributed by atoms with E-state index in [1.807, 2.05) is 0 Å². The fraction of sp³-hybridized carbons (Fsp3) is 0.188. The number of carbonyl (C=O) groups excluding carboxylic acids is 1. The highest BCUT2D eigenvalue weighted by atomic mass is 19.1. The van der Waals surface area contributed by atoms with Gasteiger partial charge in [0.15, 0.2) is 12.4 Å². The third kappa shape index (κ3) is 3.94. The highest BCUT2D eigenvalue weighted by molar-refractivity contribution is 5.97. The highest BCUT2D eigenvalue weighted by Gasteiger charge is 2.11. The van der Waals surface area contributed by atoms with Crippen LogP contribution in [0.4, 0.5) is 8.78 Å². The molecule has 0 heterocycles. The Morgan fingerprint density at radius 1 is 0.864 bits per heavy atom. The summed E-state index contributed by atoms with van der Waals surface area (Å²) in [7, 11) is 2.97. The number of hydrogen-bond acceptors (Lipinski definition) is 4. The Kier molecular flexibility index (Phi) is 4.93. The first kappa shape index (κ1) is 15.8. The van der Waals surface area contributed by atoms with E-state index >= 15 is 0 Å². The summed E-state index contributed by atoms with van der Waals surface area (Å²) in [6.45, 7) is -0.362. The fourth-order valence-electron chi connectivity index (χ4n) is 1.81. The zero-order valence-electron chi connectivity index (χ0n) is 12.1. The Morgan fingerprint density at radius 3 is 1.86 bits per heavy atom. The molecule has 0 bridgehead atoms. The first-order valence-corrected chi connectivity index (χ1v) is 6.37. The van der Waals surface area contributed by atoms with E-state index in [9.17, 15) is 13.6 Å². The molecule has 0 aromatic heterocycles. The van der Waals surface area contributed by atoms with Crippen molar-refractivity contribution in [2.45, 2.75) is 0 Å². The van der Waals surface area contributed by atoms with Crippen molar-refractivity contribution >= 4 is 5.78 Å². The number of halogens is 2. The summed E-state index contributed by atoms with van der Waals surface area (Å²) in [6, 6.07) is 7.41. The van der Waals surface area contributed by atoms with Gasteiger partial charge in [-0.1, -0.05) is 0 Å². The van der Waals surface area contributed by atoms with Crippen LogP contribution in [0.2, 0.25) is 0 Å². The van der Waals surface area contributed by atoms with Crippen LogP contribution in [0.5, 0.6) is 17.2 Å². The van der Waals surface area contributed by atoms with E-state index in [0.29, 0.717) is 23.3 Å². The topological polar surface area (TPSA) is 44.8 Å². The molecule has 0 aliphatic rings. The molecule has 2 aromatic carbocycles. The van der Waals surface area contributed by atoms with E-state index in [0.717, 1.165) is 12.1 Å². The molecule has 0 unspecified atom stereocenters. The lowest BCUT2D eigenvalue weighted by Crippen LogP contribution is -2.12. The van der Waals surface area contributed by atoms with Gasteiger partial charge < -0.3 is 14.2 Å². The van der Waals surface area contributed by atoms with E-state index in [1.54, 1.807) is 18.2 Å².